The minimum Gasteiger partial charge on any atom is -0.492 e. The van der Waals surface area contributed by atoms with Gasteiger partial charge in [-0.3, -0.25) is 0 Å². The van der Waals surface area contributed by atoms with Crippen molar-refractivity contribution in [3.63, 3.8) is 0 Å². The van der Waals surface area contributed by atoms with Gasteiger partial charge in [-0.1, -0.05) is 48.0 Å². The van der Waals surface area contributed by atoms with E-state index in [4.69, 9.17) is 26.2 Å². The Kier molecular flexibility index (Phi) is 4.83. The molecule has 0 aliphatic carbocycles. The molecule has 30 heavy (non-hydrogen) atoms. The number of benzene rings is 3. The van der Waals surface area contributed by atoms with Crippen LogP contribution in [-0.2, 0) is 0 Å². The minimum absolute atomic E-state index is 0.0418. The van der Waals surface area contributed by atoms with Gasteiger partial charge in [0.1, 0.15) is 17.3 Å². The molecule has 2 aliphatic rings. The lowest BCUT2D eigenvalue weighted by Gasteiger charge is -2.38. The first-order valence-corrected chi connectivity index (χ1v) is 10.3. The zero-order chi connectivity index (χ0) is 20.7. The Balaban J connectivity index is 1.56. The highest BCUT2D eigenvalue weighted by Crippen LogP contribution is 2.47. The van der Waals surface area contributed by atoms with Gasteiger partial charge < -0.3 is 9.47 Å². The van der Waals surface area contributed by atoms with Gasteiger partial charge in [0.15, 0.2) is 0 Å². The Labute approximate surface area is 179 Å². The highest BCUT2D eigenvalue weighted by atomic mass is 35.5. The molecule has 3 aromatic rings. The SMILES string of the molecule is CCOc1ccc(C2=NN3[C@H](C2)c2ccccc2O[C@H]3c2ccccc2F)cc1Cl. The van der Waals surface area contributed by atoms with Crippen LogP contribution in [0.3, 0.4) is 0 Å². The zero-order valence-corrected chi connectivity index (χ0v) is 17.1. The lowest BCUT2D eigenvalue weighted by molar-refractivity contribution is -0.0212. The van der Waals surface area contributed by atoms with E-state index in [1.807, 2.05) is 60.5 Å². The third-order valence-electron chi connectivity index (χ3n) is 5.44. The molecular weight excluding hydrogens is 403 g/mol. The molecule has 0 aromatic heterocycles. The van der Waals surface area contributed by atoms with Gasteiger partial charge in [0, 0.05) is 12.0 Å². The van der Waals surface area contributed by atoms with E-state index in [0.29, 0.717) is 29.4 Å². The van der Waals surface area contributed by atoms with Crippen molar-refractivity contribution < 1.29 is 13.9 Å². The van der Waals surface area contributed by atoms with E-state index >= 15 is 0 Å². The lowest BCUT2D eigenvalue weighted by Crippen LogP contribution is -2.34. The number of nitrogens with zero attached hydrogens (tertiary/aromatic N) is 2. The Morgan fingerprint density at radius 1 is 1.10 bits per heavy atom. The standard InChI is InChI=1S/C24H20ClFN2O2/c1-2-29-23-12-11-15(13-18(23)25)20-14-21-17-8-4-6-10-22(17)30-24(28(21)27-20)16-7-3-5-9-19(16)26/h3-13,21,24H,2,14H2,1H3/t21-,24+/m1/s1. The van der Waals surface area contributed by atoms with Crippen LogP contribution < -0.4 is 9.47 Å². The van der Waals surface area contributed by atoms with Crippen molar-refractivity contribution in [1.82, 2.24) is 5.01 Å². The number of hydrogen-bond acceptors (Lipinski definition) is 4. The Morgan fingerprint density at radius 3 is 2.63 bits per heavy atom. The van der Waals surface area contributed by atoms with Crippen LogP contribution >= 0.6 is 11.6 Å². The molecule has 3 aromatic carbocycles. The average molecular weight is 423 g/mol. The minimum atomic E-state index is -0.637. The van der Waals surface area contributed by atoms with Gasteiger partial charge >= 0.3 is 0 Å². The molecule has 4 nitrogen and oxygen atoms in total. The van der Waals surface area contributed by atoms with Crippen molar-refractivity contribution in [3.05, 3.63) is 94.3 Å². The number of hydrazone groups is 1. The summed E-state index contributed by atoms with van der Waals surface area (Å²) in [6.45, 7) is 2.47. The van der Waals surface area contributed by atoms with Crippen molar-refractivity contribution in [2.45, 2.75) is 25.6 Å². The van der Waals surface area contributed by atoms with Crippen LogP contribution in [0, 0.1) is 5.82 Å². The molecule has 0 fully saturated rings. The molecule has 0 bridgehead atoms. The molecule has 5 rings (SSSR count). The summed E-state index contributed by atoms with van der Waals surface area (Å²) in [6.07, 6.45) is 0.0390. The van der Waals surface area contributed by atoms with Crippen LogP contribution in [0.2, 0.25) is 5.02 Å². The molecule has 2 aliphatic heterocycles. The number of fused-ring (bicyclic) bond motifs is 3. The van der Waals surface area contributed by atoms with Crippen LogP contribution in [0.15, 0.2) is 71.8 Å². The van der Waals surface area contributed by atoms with E-state index in [0.717, 1.165) is 22.6 Å². The van der Waals surface area contributed by atoms with Crippen LogP contribution in [0.1, 0.15) is 42.3 Å². The number of halogens is 2. The predicted molar refractivity (Wildman–Crippen MR) is 115 cm³/mol. The highest BCUT2D eigenvalue weighted by Gasteiger charge is 2.41. The Hall–Kier alpha value is -3.05. The molecule has 0 saturated carbocycles. The molecular formula is C24H20ClFN2O2. The van der Waals surface area contributed by atoms with E-state index in [1.165, 1.54) is 6.07 Å². The molecule has 0 saturated heterocycles. The fourth-order valence-electron chi connectivity index (χ4n) is 4.04. The number of ether oxygens (including phenoxy) is 2. The van der Waals surface area contributed by atoms with Crippen molar-refractivity contribution in [3.8, 4) is 11.5 Å². The fraction of sp³-hybridized carbons (Fsp3) is 0.208. The van der Waals surface area contributed by atoms with Gasteiger partial charge in [0.25, 0.3) is 0 Å². The second-order valence-electron chi connectivity index (χ2n) is 7.25. The van der Waals surface area contributed by atoms with E-state index < -0.39 is 6.23 Å². The van der Waals surface area contributed by atoms with Crippen molar-refractivity contribution in [1.29, 1.82) is 0 Å². The Morgan fingerprint density at radius 2 is 1.87 bits per heavy atom. The number of para-hydroxylation sites is 1. The van der Waals surface area contributed by atoms with Gasteiger partial charge in [-0.2, -0.15) is 5.10 Å². The maximum Gasteiger partial charge on any atom is 0.216 e. The third kappa shape index (κ3) is 3.19. The van der Waals surface area contributed by atoms with E-state index in [-0.39, 0.29) is 11.9 Å². The molecule has 152 valence electrons. The van der Waals surface area contributed by atoms with Gasteiger partial charge in [-0.25, -0.2) is 9.40 Å². The quantitative estimate of drug-likeness (QED) is 0.508. The second kappa shape index (κ2) is 7.65. The van der Waals surface area contributed by atoms with Crippen molar-refractivity contribution >= 4 is 17.3 Å². The summed E-state index contributed by atoms with van der Waals surface area (Å²) in [5.74, 6) is 1.10. The summed E-state index contributed by atoms with van der Waals surface area (Å²) in [5.41, 5.74) is 3.31. The summed E-state index contributed by atoms with van der Waals surface area (Å²) >= 11 is 6.40. The summed E-state index contributed by atoms with van der Waals surface area (Å²) in [7, 11) is 0. The summed E-state index contributed by atoms with van der Waals surface area (Å²) in [4.78, 5) is 0. The molecule has 2 heterocycles. The molecule has 0 spiro atoms. The third-order valence-corrected chi connectivity index (χ3v) is 5.73. The summed E-state index contributed by atoms with van der Waals surface area (Å²) in [6, 6.07) is 20.2. The molecule has 2 atom stereocenters. The molecule has 6 heteroatoms. The van der Waals surface area contributed by atoms with Crippen LogP contribution in [0.4, 0.5) is 4.39 Å². The topological polar surface area (TPSA) is 34.1 Å². The van der Waals surface area contributed by atoms with E-state index in [9.17, 15) is 4.39 Å². The van der Waals surface area contributed by atoms with Gasteiger partial charge in [0.05, 0.1) is 28.9 Å². The normalized spacial score (nSPS) is 19.6. The monoisotopic (exact) mass is 422 g/mol. The van der Waals surface area contributed by atoms with Crippen molar-refractivity contribution in [2.24, 2.45) is 5.10 Å². The Bertz CT molecular complexity index is 1130. The van der Waals surface area contributed by atoms with Gasteiger partial charge in [-0.05, 0) is 42.8 Å². The first-order chi connectivity index (χ1) is 14.7. The van der Waals surface area contributed by atoms with Crippen molar-refractivity contribution in [2.75, 3.05) is 6.61 Å². The molecule has 0 unspecified atom stereocenters. The number of rotatable bonds is 4. The van der Waals surface area contributed by atoms with E-state index in [2.05, 4.69) is 0 Å². The van der Waals surface area contributed by atoms with Gasteiger partial charge in [-0.15, -0.1) is 0 Å². The summed E-state index contributed by atoms with van der Waals surface area (Å²) in [5, 5.41) is 7.26. The zero-order valence-electron chi connectivity index (χ0n) is 16.4. The number of hydrogen-bond donors (Lipinski definition) is 0. The largest absolute Gasteiger partial charge is 0.492 e. The highest BCUT2D eigenvalue weighted by molar-refractivity contribution is 6.32. The maximum absolute atomic E-state index is 14.6. The van der Waals surface area contributed by atoms with Crippen LogP contribution in [0.25, 0.3) is 0 Å². The summed E-state index contributed by atoms with van der Waals surface area (Å²) < 4.78 is 26.4. The molecule has 0 amide bonds. The van der Waals surface area contributed by atoms with Crippen LogP contribution in [0.5, 0.6) is 11.5 Å². The van der Waals surface area contributed by atoms with E-state index in [1.54, 1.807) is 12.1 Å². The lowest BCUT2D eigenvalue weighted by atomic mass is 9.96. The predicted octanol–water partition coefficient (Wildman–Crippen LogP) is 6.12. The van der Waals surface area contributed by atoms with Crippen LogP contribution in [-0.4, -0.2) is 17.3 Å². The maximum atomic E-state index is 14.6. The smallest absolute Gasteiger partial charge is 0.216 e. The molecule has 0 radical (unpaired) electrons. The second-order valence-corrected chi connectivity index (χ2v) is 7.66. The fourth-order valence-corrected chi connectivity index (χ4v) is 4.28. The van der Waals surface area contributed by atoms with Gasteiger partial charge in [0.2, 0.25) is 6.23 Å². The first kappa shape index (κ1) is 18.9. The molecule has 0 N–H and O–H groups in total. The first-order valence-electron chi connectivity index (χ1n) is 9.94. The average Bonchev–Trinajstić information content (AvgIpc) is 3.21.